The lowest BCUT2D eigenvalue weighted by Gasteiger charge is -2.42. The van der Waals surface area contributed by atoms with Crippen LogP contribution in [-0.4, -0.2) is 5.78 Å². The second-order valence-corrected chi connectivity index (χ2v) is 6.43. The van der Waals surface area contributed by atoms with E-state index in [-0.39, 0.29) is 16.2 Å². The largest absolute Gasteiger partial charge is 0.299 e. The van der Waals surface area contributed by atoms with Crippen LogP contribution >= 0.6 is 0 Å². The highest BCUT2D eigenvalue weighted by Gasteiger charge is 2.72. The minimum Gasteiger partial charge on any atom is -0.299 e. The molecule has 0 aromatic carbocycles. The van der Waals surface area contributed by atoms with Crippen LogP contribution in [0, 0.1) is 16.2 Å². The molecule has 3 fully saturated rings. The van der Waals surface area contributed by atoms with Gasteiger partial charge in [0.1, 0.15) is 5.78 Å². The van der Waals surface area contributed by atoms with Crippen molar-refractivity contribution in [3.63, 3.8) is 0 Å². The maximum Gasteiger partial charge on any atom is 0.144 e. The molecule has 1 heteroatoms. The van der Waals surface area contributed by atoms with Crippen molar-refractivity contribution < 1.29 is 4.79 Å². The Hall–Kier alpha value is -0.590. The van der Waals surface area contributed by atoms with Gasteiger partial charge in [-0.3, -0.25) is 4.79 Å². The first-order chi connectivity index (χ1) is 6.96. The number of carbonyl (C=O) groups excluding carboxylic acids is 1. The normalized spacial score (nSPS) is 47.1. The summed E-state index contributed by atoms with van der Waals surface area (Å²) in [5.41, 5.74) is 1.67. The molecule has 82 valence electrons. The zero-order valence-electron chi connectivity index (χ0n) is 9.86. The van der Waals surface area contributed by atoms with Gasteiger partial charge in [0.25, 0.3) is 0 Å². The summed E-state index contributed by atoms with van der Waals surface area (Å²) in [6.07, 6.45) is 6.67. The molecule has 3 aliphatic rings. The van der Waals surface area contributed by atoms with Gasteiger partial charge in [0.15, 0.2) is 0 Å². The predicted molar refractivity (Wildman–Crippen MR) is 60.5 cm³/mol. The maximum atomic E-state index is 12.4. The SMILES string of the molecule is C=C1CC[C@@]23CCC[C@@]12C(=O)CC3(C)C. The molecule has 2 atom stereocenters. The number of ketones is 1. The van der Waals surface area contributed by atoms with Crippen LogP contribution in [0.3, 0.4) is 0 Å². The average Bonchev–Trinajstić information content (AvgIpc) is 2.68. The van der Waals surface area contributed by atoms with E-state index in [2.05, 4.69) is 20.4 Å². The monoisotopic (exact) mass is 204 g/mol. The molecule has 0 bridgehead atoms. The van der Waals surface area contributed by atoms with Gasteiger partial charge < -0.3 is 0 Å². The Bertz CT molecular complexity index is 366. The highest BCUT2D eigenvalue weighted by molar-refractivity contribution is 5.93. The van der Waals surface area contributed by atoms with Crippen molar-refractivity contribution in [2.45, 2.75) is 52.4 Å². The van der Waals surface area contributed by atoms with Crippen LogP contribution in [-0.2, 0) is 4.79 Å². The molecule has 3 aliphatic carbocycles. The number of rotatable bonds is 0. The fourth-order valence-electron chi connectivity index (χ4n) is 5.12. The summed E-state index contributed by atoms with van der Waals surface area (Å²) < 4.78 is 0. The molecule has 0 N–H and O–H groups in total. The number of Topliss-reactive ketones (excluding diaryl/α,β-unsaturated/α-hetero) is 1. The van der Waals surface area contributed by atoms with Crippen molar-refractivity contribution in [2.75, 3.05) is 0 Å². The van der Waals surface area contributed by atoms with Crippen molar-refractivity contribution in [3.05, 3.63) is 12.2 Å². The second kappa shape index (κ2) is 2.39. The highest BCUT2D eigenvalue weighted by Crippen LogP contribution is 2.76. The van der Waals surface area contributed by atoms with Crippen LogP contribution in [0.5, 0.6) is 0 Å². The second-order valence-electron chi connectivity index (χ2n) is 6.43. The minimum absolute atomic E-state index is 0.0868. The summed E-state index contributed by atoms with van der Waals surface area (Å²) in [5, 5.41) is 0. The minimum atomic E-state index is -0.0868. The summed E-state index contributed by atoms with van der Waals surface area (Å²) in [5.74, 6) is 0.507. The van der Waals surface area contributed by atoms with Gasteiger partial charge in [-0.1, -0.05) is 32.4 Å². The Labute approximate surface area is 91.9 Å². The van der Waals surface area contributed by atoms with Gasteiger partial charge in [0, 0.05) is 6.42 Å². The van der Waals surface area contributed by atoms with E-state index in [1.165, 1.54) is 24.8 Å². The van der Waals surface area contributed by atoms with Crippen LogP contribution in [0.25, 0.3) is 0 Å². The first-order valence-corrected chi connectivity index (χ1v) is 6.18. The Morgan fingerprint density at radius 1 is 1.20 bits per heavy atom. The van der Waals surface area contributed by atoms with E-state index in [0.717, 1.165) is 19.3 Å². The maximum absolute atomic E-state index is 12.4. The van der Waals surface area contributed by atoms with Crippen molar-refractivity contribution in [2.24, 2.45) is 16.2 Å². The molecule has 0 heterocycles. The Kier molecular flexibility index (Phi) is 1.53. The van der Waals surface area contributed by atoms with Crippen molar-refractivity contribution in [3.8, 4) is 0 Å². The Morgan fingerprint density at radius 2 is 1.93 bits per heavy atom. The van der Waals surface area contributed by atoms with Crippen molar-refractivity contribution in [1.29, 1.82) is 0 Å². The highest BCUT2D eigenvalue weighted by atomic mass is 16.1. The van der Waals surface area contributed by atoms with Crippen molar-refractivity contribution in [1.82, 2.24) is 0 Å². The summed E-state index contributed by atoms with van der Waals surface area (Å²) in [6.45, 7) is 8.82. The lowest BCUT2D eigenvalue weighted by molar-refractivity contribution is -0.125. The number of hydrogen-bond donors (Lipinski definition) is 0. The third-order valence-corrected chi connectivity index (χ3v) is 5.80. The van der Waals surface area contributed by atoms with Gasteiger partial charge in [0.2, 0.25) is 0 Å². The molecule has 0 aliphatic heterocycles. The topological polar surface area (TPSA) is 17.1 Å². The standard InChI is InChI=1S/C14H20O/c1-10-5-8-13-6-4-7-14(10,13)11(15)9-12(13,2)3/h1,4-9H2,2-3H3/t13-,14+/m1/s1. The van der Waals surface area contributed by atoms with Gasteiger partial charge in [0.05, 0.1) is 5.41 Å². The molecular weight excluding hydrogens is 184 g/mol. The smallest absolute Gasteiger partial charge is 0.144 e. The average molecular weight is 204 g/mol. The predicted octanol–water partition coefficient (Wildman–Crippen LogP) is 3.49. The molecule has 3 rings (SSSR count). The Balaban J connectivity index is 2.26. The van der Waals surface area contributed by atoms with E-state index in [4.69, 9.17) is 0 Å². The zero-order valence-corrected chi connectivity index (χ0v) is 9.86. The van der Waals surface area contributed by atoms with Gasteiger partial charge in [-0.2, -0.15) is 0 Å². The van der Waals surface area contributed by atoms with Crippen LogP contribution in [0.15, 0.2) is 12.2 Å². The van der Waals surface area contributed by atoms with Gasteiger partial charge in [-0.25, -0.2) is 0 Å². The molecule has 0 unspecified atom stereocenters. The molecule has 0 aromatic rings. The van der Waals surface area contributed by atoms with E-state index in [9.17, 15) is 4.79 Å². The van der Waals surface area contributed by atoms with E-state index in [1.807, 2.05) is 0 Å². The lowest BCUT2D eigenvalue weighted by Crippen LogP contribution is -2.39. The fraction of sp³-hybridized carbons (Fsp3) is 0.786. The van der Waals surface area contributed by atoms with E-state index in [1.54, 1.807) is 0 Å². The molecule has 0 saturated heterocycles. The van der Waals surface area contributed by atoms with Gasteiger partial charge >= 0.3 is 0 Å². The molecule has 1 nitrogen and oxygen atoms in total. The van der Waals surface area contributed by atoms with Crippen LogP contribution in [0.4, 0.5) is 0 Å². The Morgan fingerprint density at radius 3 is 2.60 bits per heavy atom. The van der Waals surface area contributed by atoms with E-state index < -0.39 is 0 Å². The summed E-state index contributed by atoms with van der Waals surface area (Å²) in [7, 11) is 0. The molecule has 3 saturated carbocycles. The molecule has 0 spiro atoms. The quantitative estimate of drug-likeness (QED) is 0.552. The van der Waals surface area contributed by atoms with Crippen LogP contribution in [0.1, 0.15) is 52.4 Å². The molecule has 15 heavy (non-hydrogen) atoms. The zero-order chi connectivity index (χ0) is 10.9. The third kappa shape index (κ3) is 0.745. The van der Waals surface area contributed by atoms with E-state index >= 15 is 0 Å². The number of hydrogen-bond acceptors (Lipinski definition) is 1. The first-order valence-electron chi connectivity index (χ1n) is 6.18. The number of allylic oxidation sites excluding steroid dienone is 1. The summed E-state index contributed by atoms with van der Waals surface area (Å²) >= 11 is 0. The third-order valence-electron chi connectivity index (χ3n) is 5.80. The first kappa shape index (κ1) is 9.62. The molecular formula is C14H20O. The number of carbonyl (C=O) groups is 1. The summed E-state index contributed by atoms with van der Waals surface area (Å²) in [6, 6.07) is 0. The van der Waals surface area contributed by atoms with Crippen LogP contribution in [0.2, 0.25) is 0 Å². The van der Waals surface area contributed by atoms with Gasteiger partial charge in [-0.15, -0.1) is 0 Å². The van der Waals surface area contributed by atoms with E-state index in [0.29, 0.717) is 5.78 Å². The molecule has 0 radical (unpaired) electrons. The molecule has 0 amide bonds. The fourth-order valence-corrected chi connectivity index (χ4v) is 5.12. The lowest BCUT2D eigenvalue weighted by atomic mass is 9.60. The van der Waals surface area contributed by atoms with Crippen LogP contribution < -0.4 is 0 Å². The summed E-state index contributed by atoms with van der Waals surface area (Å²) in [4.78, 5) is 12.4. The molecule has 0 aromatic heterocycles. The van der Waals surface area contributed by atoms with Gasteiger partial charge in [-0.05, 0) is 36.5 Å². The van der Waals surface area contributed by atoms with Crippen molar-refractivity contribution >= 4 is 5.78 Å².